The third kappa shape index (κ3) is 4.44. The van der Waals surface area contributed by atoms with Crippen LogP contribution in [-0.2, 0) is 19.6 Å². The van der Waals surface area contributed by atoms with Crippen molar-refractivity contribution in [2.24, 2.45) is 0 Å². The summed E-state index contributed by atoms with van der Waals surface area (Å²) in [5, 5.41) is 0. The molecule has 8 heteroatoms. The summed E-state index contributed by atoms with van der Waals surface area (Å²) in [7, 11) is -3.84. The Balaban J connectivity index is 3.08. The van der Waals surface area contributed by atoms with Gasteiger partial charge >= 0.3 is 5.97 Å². The number of esters is 1. The molecule has 0 amide bonds. The summed E-state index contributed by atoms with van der Waals surface area (Å²) < 4.78 is 54.8. The van der Waals surface area contributed by atoms with Gasteiger partial charge in [-0.05, 0) is 26.0 Å². The van der Waals surface area contributed by atoms with Crippen molar-refractivity contribution in [2.75, 3.05) is 17.1 Å². The first kappa shape index (κ1) is 16.4. The fourth-order valence-electron chi connectivity index (χ4n) is 1.46. The second-order valence-corrected chi connectivity index (χ2v) is 6.31. The zero-order valence-corrected chi connectivity index (χ0v) is 12.1. The van der Waals surface area contributed by atoms with E-state index in [0.717, 1.165) is 18.4 Å². The van der Waals surface area contributed by atoms with Gasteiger partial charge in [-0.15, -0.1) is 0 Å². The first-order valence-electron chi connectivity index (χ1n) is 5.73. The smallest absolute Gasteiger partial charge is 0.327 e. The molecule has 0 fully saturated rings. The van der Waals surface area contributed by atoms with E-state index in [1.54, 1.807) is 13.8 Å². The van der Waals surface area contributed by atoms with E-state index in [0.29, 0.717) is 10.4 Å². The molecule has 0 aliphatic rings. The summed E-state index contributed by atoms with van der Waals surface area (Å²) >= 11 is 0. The van der Waals surface area contributed by atoms with Crippen molar-refractivity contribution in [2.45, 2.75) is 20.0 Å². The van der Waals surface area contributed by atoms with Crippen molar-refractivity contribution in [1.29, 1.82) is 0 Å². The second-order valence-electron chi connectivity index (χ2n) is 4.41. The lowest BCUT2D eigenvalue weighted by Gasteiger charge is -2.22. The van der Waals surface area contributed by atoms with Crippen LogP contribution in [0.25, 0.3) is 0 Å². The lowest BCUT2D eigenvalue weighted by molar-refractivity contribution is -0.145. The monoisotopic (exact) mass is 307 g/mol. The highest BCUT2D eigenvalue weighted by Crippen LogP contribution is 2.20. The Morgan fingerprint density at radius 3 is 2.35 bits per heavy atom. The molecule has 5 nitrogen and oxygen atoms in total. The predicted molar refractivity (Wildman–Crippen MR) is 69.8 cm³/mol. The average Bonchev–Trinajstić information content (AvgIpc) is 2.27. The number of halogens is 2. The molecule has 0 unspecified atom stereocenters. The number of sulfonamides is 1. The Labute approximate surface area is 116 Å². The highest BCUT2D eigenvalue weighted by atomic mass is 32.2. The van der Waals surface area contributed by atoms with Gasteiger partial charge in [0.1, 0.15) is 6.54 Å². The maximum atomic E-state index is 13.2. The van der Waals surface area contributed by atoms with Gasteiger partial charge < -0.3 is 4.74 Å². The number of hydrogen-bond donors (Lipinski definition) is 0. The van der Waals surface area contributed by atoms with Crippen LogP contribution in [0.1, 0.15) is 13.8 Å². The van der Waals surface area contributed by atoms with Gasteiger partial charge in [-0.25, -0.2) is 17.2 Å². The lowest BCUT2D eigenvalue weighted by Crippen LogP contribution is -2.36. The Kier molecular flexibility index (Phi) is 5.04. The van der Waals surface area contributed by atoms with E-state index in [-0.39, 0.29) is 5.69 Å². The van der Waals surface area contributed by atoms with Crippen molar-refractivity contribution >= 4 is 21.7 Å². The molecule has 0 bridgehead atoms. The molecule has 0 heterocycles. The van der Waals surface area contributed by atoms with Gasteiger partial charge in [-0.3, -0.25) is 9.10 Å². The Hall–Kier alpha value is -1.70. The minimum absolute atomic E-state index is 0.146. The Morgan fingerprint density at radius 1 is 1.30 bits per heavy atom. The van der Waals surface area contributed by atoms with Gasteiger partial charge in [-0.2, -0.15) is 0 Å². The van der Waals surface area contributed by atoms with Crippen LogP contribution in [0.3, 0.4) is 0 Å². The molecular weight excluding hydrogens is 292 g/mol. The first-order valence-corrected chi connectivity index (χ1v) is 7.58. The van der Waals surface area contributed by atoms with Gasteiger partial charge in [-0.1, -0.05) is 0 Å². The molecule has 0 aliphatic carbocycles. The highest BCUT2D eigenvalue weighted by Gasteiger charge is 2.23. The predicted octanol–water partition coefficient (Wildman–Crippen LogP) is 1.68. The summed E-state index contributed by atoms with van der Waals surface area (Å²) in [6.07, 6.45) is 0.450. The van der Waals surface area contributed by atoms with Crippen LogP contribution in [0, 0.1) is 11.6 Å². The van der Waals surface area contributed by atoms with Crippen LogP contribution in [0.15, 0.2) is 18.2 Å². The van der Waals surface area contributed by atoms with Crippen LogP contribution >= 0.6 is 0 Å². The molecular formula is C12H15F2NO4S. The lowest BCUT2D eigenvalue weighted by atomic mass is 10.3. The SMILES string of the molecule is CC(C)OC(=O)CN(c1ccc(F)c(F)c1)S(C)(=O)=O. The number of anilines is 1. The molecule has 0 N–H and O–H groups in total. The largest absolute Gasteiger partial charge is 0.462 e. The minimum atomic E-state index is -3.84. The Morgan fingerprint density at radius 2 is 1.90 bits per heavy atom. The summed E-state index contributed by atoms with van der Waals surface area (Å²) in [4.78, 5) is 11.5. The van der Waals surface area contributed by atoms with Gasteiger partial charge in [0.05, 0.1) is 18.0 Å². The van der Waals surface area contributed by atoms with E-state index in [1.165, 1.54) is 0 Å². The summed E-state index contributed by atoms with van der Waals surface area (Å²) in [6, 6.07) is 2.57. The van der Waals surface area contributed by atoms with Crippen LogP contribution in [0.5, 0.6) is 0 Å². The molecule has 112 valence electrons. The zero-order valence-electron chi connectivity index (χ0n) is 11.3. The maximum absolute atomic E-state index is 13.2. The quantitative estimate of drug-likeness (QED) is 0.777. The van der Waals surface area contributed by atoms with Gasteiger partial charge in [0.15, 0.2) is 11.6 Å². The number of nitrogens with zero attached hydrogens (tertiary/aromatic N) is 1. The van der Waals surface area contributed by atoms with Crippen LogP contribution in [0.2, 0.25) is 0 Å². The van der Waals surface area contributed by atoms with E-state index >= 15 is 0 Å². The Bertz CT molecular complexity index is 601. The van der Waals surface area contributed by atoms with Crippen molar-refractivity contribution in [3.63, 3.8) is 0 Å². The number of rotatable bonds is 5. The molecule has 1 aromatic rings. The number of carbonyl (C=O) groups is 1. The van der Waals surface area contributed by atoms with Crippen molar-refractivity contribution in [3.05, 3.63) is 29.8 Å². The fraction of sp³-hybridized carbons (Fsp3) is 0.417. The van der Waals surface area contributed by atoms with Crippen LogP contribution in [-0.4, -0.2) is 33.3 Å². The van der Waals surface area contributed by atoms with E-state index in [9.17, 15) is 22.0 Å². The third-order valence-corrected chi connectivity index (χ3v) is 3.37. The van der Waals surface area contributed by atoms with Gasteiger partial charge in [0.25, 0.3) is 0 Å². The second kappa shape index (κ2) is 6.17. The van der Waals surface area contributed by atoms with Crippen LogP contribution in [0.4, 0.5) is 14.5 Å². The highest BCUT2D eigenvalue weighted by molar-refractivity contribution is 7.92. The summed E-state index contributed by atoms with van der Waals surface area (Å²) in [6.45, 7) is 2.61. The fourth-order valence-corrected chi connectivity index (χ4v) is 2.29. The van der Waals surface area contributed by atoms with Crippen LogP contribution < -0.4 is 4.31 Å². The average molecular weight is 307 g/mol. The number of benzene rings is 1. The molecule has 0 aliphatic heterocycles. The molecule has 1 aromatic carbocycles. The maximum Gasteiger partial charge on any atom is 0.327 e. The minimum Gasteiger partial charge on any atom is -0.462 e. The molecule has 20 heavy (non-hydrogen) atoms. The number of hydrogen-bond acceptors (Lipinski definition) is 4. The normalized spacial score (nSPS) is 11.5. The van der Waals surface area contributed by atoms with Gasteiger partial charge in [0.2, 0.25) is 10.0 Å². The van der Waals surface area contributed by atoms with E-state index in [4.69, 9.17) is 4.74 Å². The van der Waals surface area contributed by atoms with Crippen molar-refractivity contribution < 1.29 is 26.7 Å². The number of carbonyl (C=O) groups excluding carboxylic acids is 1. The summed E-state index contributed by atoms with van der Waals surface area (Å²) in [5.74, 6) is -3.09. The number of ether oxygens (including phenoxy) is 1. The van der Waals surface area contributed by atoms with E-state index in [2.05, 4.69) is 0 Å². The molecule has 1 rings (SSSR count). The standard InChI is InChI=1S/C12H15F2NO4S/c1-8(2)19-12(16)7-15(20(3,17)18)9-4-5-10(13)11(14)6-9/h4-6,8H,7H2,1-3H3. The van der Waals surface area contributed by atoms with Crippen molar-refractivity contribution in [3.8, 4) is 0 Å². The third-order valence-electron chi connectivity index (χ3n) is 2.23. The zero-order chi connectivity index (χ0) is 15.5. The molecule has 0 saturated heterocycles. The topological polar surface area (TPSA) is 63.7 Å². The molecule has 0 radical (unpaired) electrons. The van der Waals surface area contributed by atoms with Gasteiger partial charge in [0, 0.05) is 6.07 Å². The van der Waals surface area contributed by atoms with E-state index < -0.39 is 40.3 Å². The molecule has 0 atom stereocenters. The molecule has 0 spiro atoms. The summed E-state index contributed by atoms with van der Waals surface area (Å²) in [5.41, 5.74) is -0.146. The van der Waals surface area contributed by atoms with Crippen molar-refractivity contribution in [1.82, 2.24) is 0 Å². The molecule has 0 saturated carbocycles. The van der Waals surface area contributed by atoms with E-state index in [1.807, 2.05) is 0 Å². The first-order chi connectivity index (χ1) is 9.11. The molecule has 0 aromatic heterocycles.